The molecule has 152 valence electrons. The molecule has 2 amide bonds. The first-order chi connectivity index (χ1) is 14.0. The summed E-state index contributed by atoms with van der Waals surface area (Å²) in [5, 5.41) is 0. The Bertz CT molecular complexity index is 905. The number of fused-ring (bicyclic) bond motifs is 1. The number of rotatable bonds is 5. The highest BCUT2D eigenvalue weighted by Gasteiger charge is 2.41. The summed E-state index contributed by atoms with van der Waals surface area (Å²) >= 11 is 0. The van der Waals surface area contributed by atoms with Gasteiger partial charge in [-0.15, -0.1) is 0 Å². The van der Waals surface area contributed by atoms with Crippen LogP contribution in [0.5, 0.6) is 5.75 Å². The largest absolute Gasteiger partial charge is 0.497 e. The molecular formula is C24H28N2O3. The molecule has 0 radical (unpaired) electrons. The van der Waals surface area contributed by atoms with E-state index in [1.54, 1.807) is 31.4 Å². The van der Waals surface area contributed by atoms with Crippen molar-refractivity contribution in [2.45, 2.75) is 51.1 Å². The van der Waals surface area contributed by atoms with Gasteiger partial charge in [-0.3, -0.25) is 9.59 Å². The summed E-state index contributed by atoms with van der Waals surface area (Å²) in [7, 11) is 1.61. The van der Waals surface area contributed by atoms with Gasteiger partial charge in [-0.05, 0) is 69.0 Å². The van der Waals surface area contributed by atoms with Crippen molar-refractivity contribution in [2.24, 2.45) is 0 Å². The summed E-state index contributed by atoms with van der Waals surface area (Å²) in [6, 6.07) is 15.4. The molecule has 1 fully saturated rings. The maximum Gasteiger partial charge on any atom is 0.258 e. The van der Waals surface area contributed by atoms with E-state index in [9.17, 15) is 9.59 Å². The first-order valence-corrected chi connectivity index (χ1v) is 10.4. The first kappa shape index (κ1) is 19.5. The number of hydrogen-bond donors (Lipinski definition) is 0. The molecule has 0 unspecified atom stereocenters. The highest BCUT2D eigenvalue weighted by Crippen LogP contribution is 2.41. The van der Waals surface area contributed by atoms with E-state index >= 15 is 0 Å². The van der Waals surface area contributed by atoms with Crippen molar-refractivity contribution in [2.75, 3.05) is 18.6 Å². The summed E-state index contributed by atoms with van der Waals surface area (Å²) < 4.78 is 5.20. The molecule has 0 bridgehead atoms. The number of likely N-dealkylation sites (N-methyl/N-ethyl adjacent to an activating group) is 1. The number of para-hydroxylation sites is 1. The maximum atomic E-state index is 13.3. The summed E-state index contributed by atoms with van der Waals surface area (Å²) in [5.41, 5.74) is 2.42. The van der Waals surface area contributed by atoms with E-state index in [0.717, 1.165) is 36.4 Å². The molecule has 2 aromatic rings. The standard InChI is InChI=1S/C24H28N2O3/c1-4-25(18-11-12-18)24(28)21-15-16(2)26(22-8-6-5-7-20(21)22)23(27)17-9-13-19(29-3)14-10-17/h5-10,13-14,16,18,21H,4,11-12,15H2,1-3H3/t16-,21-/m0/s1. The maximum absolute atomic E-state index is 13.3. The molecule has 1 heterocycles. The van der Waals surface area contributed by atoms with Crippen LogP contribution in [0.1, 0.15) is 54.9 Å². The first-order valence-electron chi connectivity index (χ1n) is 10.4. The lowest BCUT2D eigenvalue weighted by atomic mass is 9.84. The molecule has 4 rings (SSSR count). The SMILES string of the molecule is CCN(C(=O)[C@H]1C[C@H](C)N(C(=O)c2ccc(OC)cc2)c2ccccc21)C1CC1. The second kappa shape index (κ2) is 7.90. The highest BCUT2D eigenvalue weighted by atomic mass is 16.5. The Kier molecular flexibility index (Phi) is 5.31. The summed E-state index contributed by atoms with van der Waals surface area (Å²) in [6.07, 6.45) is 2.85. The number of anilines is 1. The molecule has 0 aromatic heterocycles. The predicted molar refractivity (Wildman–Crippen MR) is 113 cm³/mol. The van der Waals surface area contributed by atoms with Gasteiger partial charge in [0, 0.05) is 29.9 Å². The number of hydrogen-bond acceptors (Lipinski definition) is 3. The van der Waals surface area contributed by atoms with Crippen molar-refractivity contribution < 1.29 is 14.3 Å². The van der Waals surface area contributed by atoms with Gasteiger partial charge in [0.25, 0.3) is 5.91 Å². The van der Waals surface area contributed by atoms with Gasteiger partial charge in [0.2, 0.25) is 5.91 Å². The summed E-state index contributed by atoms with van der Waals surface area (Å²) in [4.78, 5) is 30.6. The Morgan fingerprint density at radius 3 is 2.41 bits per heavy atom. The molecule has 2 aliphatic rings. The summed E-state index contributed by atoms with van der Waals surface area (Å²) in [6.45, 7) is 4.82. The van der Waals surface area contributed by atoms with Crippen LogP contribution in [0.3, 0.4) is 0 Å². The number of amides is 2. The molecule has 1 aliphatic heterocycles. The second-order valence-electron chi connectivity index (χ2n) is 7.96. The third-order valence-corrected chi connectivity index (χ3v) is 6.05. The molecule has 2 aromatic carbocycles. The van der Waals surface area contributed by atoms with E-state index in [4.69, 9.17) is 4.74 Å². The number of carbonyl (C=O) groups is 2. The number of nitrogens with zero attached hydrogens (tertiary/aromatic N) is 2. The highest BCUT2D eigenvalue weighted by molar-refractivity contribution is 6.08. The monoisotopic (exact) mass is 392 g/mol. The lowest BCUT2D eigenvalue weighted by Crippen LogP contribution is -2.47. The smallest absolute Gasteiger partial charge is 0.258 e. The molecule has 2 atom stereocenters. The molecule has 0 N–H and O–H groups in total. The normalized spacial score (nSPS) is 20.7. The molecule has 1 aliphatic carbocycles. The molecule has 5 nitrogen and oxygen atoms in total. The zero-order valence-corrected chi connectivity index (χ0v) is 17.3. The van der Waals surface area contributed by atoms with Crippen LogP contribution in [0.2, 0.25) is 0 Å². The zero-order valence-electron chi connectivity index (χ0n) is 17.3. The van der Waals surface area contributed by atoms with Gasteiger partial charge in [-0.1, -0.05) is 18.2 Å². The van der Waals surface area contributed by atoms with E-state index < -0.39 is 0 Å². The molecule has 0 spiro atoms. The van der Waals surface area contributed by atoms with Crippen LogP contribution in [0.25, 0.3) is 0 Å². The fraction of sp³-hybridized carbons (Fsp3) is 0.417. The van der Waals surface area contributed by atoms with Crippen molar-refractivity contribution >= 4 is 17.5 Å². The van der Waals surface area contributed by atoms with Crippen molar-refractivity contribution in [3.05, 3.63) is 59.7 Å². The number of carbonyl (C=O) groups excluding carboxylic acids is 2. The van der Waals surface area contributed by atoms with E-state index in [1.165, 1.54) is 0 Å². The zero-order chi connectivity index (χ0) is 20.5. The minimum Gasteiger partial charge on any atom is -0.497 e. The van der Waals surface area contributed by atoms with Gasteiger partial charge < -0.3 is 14.5 Å². The lowest BCUT2D eigenvalue weighted by molar-refractivity contribution is -0.133. The van der Waals surface area contributed by atoms with Crippen LogP contribution in [-0.2, 0) is 4.79 Å². The topological polar surface area (TPSA) is 49.9 Å². The fourth-order valence-electron chi connectivity index (χ4n) is 4.41. The lowest BCUT2D eigenvalue weighted by Gasteiger charge is -2.40. The predicted octanol–water partition coefficient (Wildman–Crippen LogP) is 4.23. The van der Waals surface area contributed by atoms with Crippen LogP contribution >= 0.6 is 0 Å². The molecule has 1 saturated carbocycles. The Morgan fingerprint density at radius 2 is 1.79 bits per heavy atom. The number of methoxy groups -OCH3 is 1. The van der Waals surface area contributed by atoms with E-state index in [-0.39, 0.29) is 23.8 Å². The van der Waals surface area contributed by atoms with Crippen molar-refractivity contribution in [1.82, 2.24) is 4.90 Å². The summed E-state index contributed by atoms with van der Waals surface area (Å²) in [5.74, 6) is 0.680. The van der Waals surface area contributed by atoms with E-state index in [0.29, 0.717) is 18.0 Å². The average molecular weight is 392 g/mol. The van der Waals surface area contributed by atoms with Crippen molar-refractivity contribution in [1.29, 1.82) is 0 Å². The van der Waals surface area contributed by atoms with Crippen molar-refractivity contribution in [3.63, 3.8) is 0 Å². The minimum atomic E-state index is -0.193. The Labute approximate surface area is 172 Å². The fourth-order valence-corrected chi connectivity index (χ4v) is 4.41. The Balaban J connectivity index is 1.67. The molecule has 29 heavy (non-hydrogen) atoms. The van der Waals surface area contributed by atoms with Gasteiger partial charge in [0.05, 0.1) is 13.0 Å². The van der Waals surface area contributed by atoms with Gasteiger partial charge in [-0.25, -0.2) is 0 Å². The Hall–Kier alpha value is -2.82. The Morgan fingerprint density at radius 1 is 1.10 bits per heavy atom. The number of benzene rings is 2. The van der Waals surface area contributed by atoms with Crippen molar-refractivity contribution in [3.8, 4) is 5.75 Å². The van der Waals surface area contributed by atoms with Crippen LogP contribution in [0, 0.1) is 0 Å². The third kappa shape index (κ3) is 3.61. The molecule has 5 heteroatoms. The van der Waals surface area contributed by atoms with Crippen LogP contribution < -0.4 is 9.64 Å². The van der Waals surface area contributed by atoms with Gasteiger partial charge in [0.1, 0.15) is 5.75 Å². The average Bonchev–Trinajstić information content (AvgIpc) is 3.58. The van der Waals surface area contributed by atoms with Crippen LogP contribution in [0.15, 0.2) is 48.5 Å². The number of ether oxygens (including phenoxy) is 1. The van der Waals surface area contributed by atoms with Gasteiger partial charge in [-0.2, -0.15) is 0 Å². The van der Waals surface area contributed by atoms with E-state index in [2.05, 4.69) is 0 Å². The van der Waals surface area contributed by atoms with E-state index in [1.807, 2.05) is 47.9 Å². The third-order valence-electron chi connectivity index (χ3n) is 6.05. The molecular weight excluding hydrogens is 364 g/mol. The molecule has 0 saturated heterocycles. The second-order valence-corrected chi connectivity index (χ2v) is 7.96. The van der Waals surface area contributed by atoms with Crippen LogP contribution in [-0.4, -0.2) is 42.5 Å². The van der Waals surface area contributed by atoms with Crippen LogP contribution in [0.4, 0.5) is 5.69 Å². The quantitative estimate of drug-likeness (QED) is 0.765. The minimum absolute atomic E-state index is 0.0481. The van der Waals surface area contributed by atoms with Gasteiger partial charge in [0.15, 0.2) is 0 Å². The van der Waals surface area contributed by atoms with Gasteiger partial charge >= 0.3 is 0 Å².